The van der Waals surface area contributed by atoms with E-state index in [4.69, 9.17) is 26.7 Å². The van der Waals surface area contributed by atoms with E-state index in [-0.39, 0.29) is 13.0 Å². The van der Waals surface area contributed by atoms with Crippen molar-refractivity contribution < 1.29 is 52.5 Å². The zero-order valence-corrected chi connectivity index (χ0v) is 21.0. The summed E-state index contributed by atoms with van der Waals surface area (Å²) in [4.78, 5) is 54.0. The molecule has 0 aliphatic heterocycles. The quantitative estimate of drug-likeness (QED) is 0.0841. The van der Waals surface area contributed by atoms with Crippen molar-refractivity contribution in [2.75, 3.05) is 6.54 Å². The van der Waals surface area contributed by atoms with Gasteiger partial charge in [0.05, 0.1) is 0 Å². The van der Waals surface area contributed by atoms with Crippen molar-refractivity contribution in [3.05, 3.63) is 0 Å². The molecule has 33 heavy (non-hydrogen) atoms. The molecular formula is C17H37N3O11P2. The Hall–Kier alpha value is -0.920. The van der Waals surface area contributed by atoms with E-state index in [9.17, 15) is 38.5 Å². The van der Waals surface area contributed by atoms with E-state index in [0.29, 0.717) is 12.8 Å². The lowest BCUT2D eigenvalue weighted by Gasteiger charge is -2.33. The monoisotopic (exact) mass is 521 g/mol. The molecule has 6 atom stereocenters. The molecule has 0 saturated carbocycles. The first-order valence-electron chi connectivity index (χ1n) is 10.4. The smallest absolute Gasteiger partial charge is 0.377 e. The largest absolute Gasteiger partial charge is 0.399 e. The number of carbonyl (C=O) groups excluding carboxylic acids is 2. The van der Waals surface area contributed by atoms with Crippen molar-refractivity contribution in [3.8, 4) is 0 Å². The van der Waals surface area contributed by atoms with E-state index in [1.807, 2.05) is 0 Å². The molecule has 0 aromatic rings. The lowest BCUT2D eigenvalue weighted by Crippen LogP contribution is -2.44. The zero-order chi connectivity index (χ0) is 26.2. The molecular weight excluding hydrogens is 484 g/mol. The molecule has 196 valence electrons. The average Bonchev–Trinajstić information content (AvgIpc) is 2.73. The fraction of sp³-hybridized carbons (Fsp3) is 0.882. The fourth-order valence-electron chi connectivity index (χ4n) is 2.38. The second-order valence-corrected chi connectivity index (χ2v) is 12.0. The molecule has 0 amide bonds. The highest BCUT2D eigenvalue weighted by Crippen LogP contribution is 2.72. The minimum absolute atomic E-state index is 0.191. The minimum Gasteiger partial charge on any atom is -0.399 e. The summed E-state index contributed by atoms with van der Waals surface area (Å²) in [5.74, 6) is -3.20. The number of nitrogens with two attached hydrogens (primary N) is 3. The number of carbonyl (C=O) groups is 2. The van der Waals surface area contributed by atoms with Gasteiger partial charge in [0.15, 0.2) is 0 Å². The van der Waals surface area contributed by atoms with Crippen LogP contribution in [0.3, 0.4) is 0 Å². The summed E-state index contributed by atoms with van der Waals surface area (Å²) in [7, 11) is -11.5. The number of hydrogen-bond donors (Lipinski definition) is 7. The predicted octanol–water partition coefficient (Wildman–Crippen LogP) is -0.132. The summed E-state index contributed by atoms with van der Waals surface area (Å²) < 4.78 is 38.9. The molecule has 0 aliphatic carbocycles. The first kappa shape index (κ1) is 32.1. The van der Waals surface area contributed by atoms with Crippen molar-refractivity contribution in [1.82, 2.24) is 0 Å². The van der Waals surface area contributed by atoms with Crippen molar-refractivity contribution in [3.63, 3.8) is 0 Å². The first-order chi connectivity index (χ1) is 15.0. The third-order valence-electron chi connectivity index (χ3n) is 5.35. The van der Waals surface area contributed by atoms with Gasteiger partial charge in [0, 0.05) is 6.42 Å². The predicted molar refractivity (Wildman–Crippen MR) is 117 cm³/mol. The summed E-state index contributed by atoms with van der Waals surface area (Å²) in [6.07, 6.45) is -0.321. The third-order valence-corrected chi connectivity index (χ3v) is 9.63. The Morgan fingerprint density at radius 2 is 1.33 bits per heavy atom. The number of hydrogen-bond acceptors (Lipinski definition) is 11. The van der Waals surface area contributed by atoms with Gasteiger partial charge in [-0.2, -0.15) is 0 Å². The van der Waals surface area contributed by atoms with Crippen LogP contribution in [0.5, 0.6) is 0 Å². The lowest BCUT2D eigenvalue weighted by molar-refractivity contribution is -0.241. The van der Waals surface area contributed by atoms with E-state index >= 15 is 0 Å². The van der Waals surface area contributed by atoms with Gasteiger partial charge in [-0.1, -0.05) is 40.5 Å². The Kier molecular flexibility index (Phi) is 12.9. The molecule has 0 fully saturated rings. The molecule has 0 saturated heterocycles. The average molecular weight is 521 g/mol. The van der Waals surface area contributed by atoms with Gasteiger partial charge >= 0.3 is 33.6 Å². The van der Waals surface area contributed by atoms with Crippen LogP contribution in [0, 0.1) is 11.8 Å². The normalized spacial score (nSPS) is 19.6. The molecule has 14 nitrogen and oxygen atoms in total. The first-order valence-corrected chi connectivity index (χ1v) is 13.6. The molecule has 0 bridgehead atoms. The van der Waals surface area contributed by atoms with Crippen LogP contribution in [-0.4, -0.2) is 61.9 Å². The lowest BCUT2D eigenvalue weighted by atomic mass is 10.0. The highest BCUT2D eigenvalue weighted by atomic mass is 31.2. The number of esters is 2. The van der Waals surface area contributed by atoms with Crippen molar-refractivity contribution in [1.29, 1.82) is 0 Å². The molecule has 16 heteroatoms. The molecule has 0 aromatic heterocycles. The number of aliphatic hydroxyl groups is 1. The van der Waals surface area contributed by atoms with Crippen LogP contribution in [0.4, 0.5) is 0 Å². The molecule has 2 unspecified atom stereocenters. The second-order valence-electron chi connectivity index (χ2n) is 7.82. The van der Waals surface area contributed by atoms with Crippen molar-refractivity contribution in [2.45, 2.75) is 77.0 Å². The molecule has 0 heterocycles. The summed E-state index contributed by atoms with van der Waals surface area (Å²) in [6, 6.07) is -2.50. The van der Waals surface area contributed by atoms with Crippen LogP contribution in [-0.2, 0) is 32.7 Å². The third kappa shape index (κ3) is 8.66. The summed E-state index contributed by atoms with van der Waals surface area (Å²) >= 11 is 0. The summed E-state index contributed by atoms with van der Waals surface area (Å²) in [5, 5.41) is 6.79. The SMILES string of the molecule is CC[C@H](C)[C@H](N)C(=O)OC(OC(=O)[C@@H](N)[C@@H](C)CC)OP(=O)(O)C(O)(CCCN)P(=O)(O)O. The number of ether oxygens (including phenoxy) is 2. The van der Waals surface area contributed by atoms with Gasteiger partial charge in [0.25, 0.3) is 5.08 Å². The minimum atomic E-state index is -5.76. The fourth-order valence-corrected chi connectivity index (χ4v) is 5.21. The number of rotatable bonds is 15. The van der Waals surface area contributed by atoms with Gasteiger partial charge < -0.3 is 46.5 Å². The Labute approximate surface area is 192 Å². The van der Waals surface area contributed by atoms with Crippen LogP contribution in [0.2, 0.25) is 0 Å². The maximum atomic E-state index is 12.8. The second kappa shape index (κ2) is 13.2. The van der Waals surface area contributed by atoms with Crippen LogP contribution in [0.1, 0.15) is 53.4 Å². The van der Waals surface area contributed by atoms with Gasteiger partial charge in [-0.05, 0) is 24.8 Å². The maximum absolute atomic E-state index is 12.8. The highest BCUT2D eigenvalue weighted by Gasteiger charge is 2.61. The van der Waals surface area contributed by atoms with E-state index in [1.165, 1.54) is 0 Å². The van der Waals surface area contributed by atoms with E-state index in [1.54, 1.807) is 27.7 Å². The Morgan fingerprint density at radius 1 is 0.939 bits per heavy atom. The molecule has 0 radical (unpaired) electrons. The van der Waals surface area contributed by atoms with Crippen molar-refractivity contribution in [2.24, 2.45) is 29.0 Å². The molecule has 0 spiro atoms. The van der Waals surface area contributed by atoms with Gasteiger partial charge in [-0.15, -0.1) is 0 Å². The van der Waals surface area contributed by atoms with E-state index in [2.05, 4.69) is 4.52 Å². The van der Waals surface area contributed by atoms with Crippen LogP contribution < -0.4 is 17.2 Å². The molecule has 0 aliphatic rings. The Morgan fingerprint density at radius 3 is 1.64 bits per heavy atom. The van der Waals surface area contributed by atoms with Crippen molar-refractivity contribution >= 4 is 27.1 Å². The highest BCUT2D eigenvalue weighted by molar-refractivity contribution is 7.72. The molecule has 0 rings (SSSR count). The standard InChI is InChI=1S/C17H37N3O11P2/c1-5-10(3)12(19)14(21)29-16(30-15(22)13(20)11(4)6-2)31-33(27,28)17(23,8-7-9-18)32(24,25)26/h10-13,16,23H,5-9,18-20H2,1-4H3,(H,27,28)(H2,24,25,26)/t10-,11-,12-,13-,17?/m0/s1. The van der Waals surface area contributed by atoms with Gasteiger partial charge in [0.2, 0.25) is 0 Å². The molecule has 0 aromatic carbocycles. The van der Waals surface area contributed by atoms with Gasteiger partial charge in [-0.3, -0.25) is 18.7 Å². The van der Waals surface area contributed by atoms with E-state index in [0.717, 1.165) is 0 Å². The molecule has 10 N–H and O–H groups in total. The topological polar surface area (TPSA) is 255 Å². The Balaban J connectivity index is 6.04. The van der Waals surface area contributed by atoms with Gasteiger partial charge in [-0.25, -0.2) is 4.52 Å². The Bertz CT molecular complexity index is 720. The van der Waals surface area contributed by atoms with Crippen LogP contribution in [0.15, 0.2) is 0 Å². The van der Waals surface area contributed by atoms with E-state index < -0.39 is 69.0 Å². The summed E-state index contributed by atoms with van der Waals surface area (Å²) in [6.45, 7) is 3.92. The zero-order valence-electron chi connectivity index (χ0n) is 19.2. The summed E-state index contributed by atoms with van der Waals surface area (Å²) in [5.41, 5.74) is 16.8. The maximum Gasteiger partial charge on any atom is 0.377 e. The van der Waals surface area contributed by atoms with Crippen LogP contribution >= 0.6 is 15.2 Å². The van der Waals surface area contributed by atoms with Crippen LogP contribution in [0.25, 0.3) is 0 Å². The van der Waals surface area contributed by atoms with Gasteiger partial charge in [0.1, 0.15) is 12.1 Å².